The van der Waals surface area contributed by atoms with Gasteiger partial charge in [0.1, 0.15) is 5.75 Å². The van der Waals surface area contributed by atoms with Crippen molar-refractivity contribution in [2.24, 2.45) is 0 Å². The van der Waals surface area contributed by atoms with Crippen LogP contribution in [0.2, 0.25) is 0 Å². The number of methoxy groups -OCH3 is 1. The Balaban J connectivity index is 1.88. The standard InChI is InChI=1S/C13H18N2O4S/c1-19-12-4-2-10(3-5-12)15-13(16)8-11-9-20(17,18)7-6-14-11/h2-5,11,14H,6-9H2,1H3,(H,15,16). The van der Waals surface area contributed by atoms with Crippen LogP contribution in [0.4, 0.5) is 5.69 Å². The molecule has 6 nitrogen and oxygen atoms in total. The van der Waals surface area contributed by atoms with Crippen LogP contribution < -0.4 is 15.4 Å². The van der Waals surface area contributed by atoms with Crippen LogP contribution in [0, 0.1) is 0 Å². The lowest BCUT2D eigenvalue weighted by Gasteiger charge is -2.23. The van der Waals surface area contributed by atoms with E-state index in [9.17, 15) is 13.2 Å². The summed E-state index contributed by atoms with van der Waals surface area (Å²) in [5.74, 6) is 0.667. The van der Waals surface area contributed by atoms with Crippen molar-refractivity contribution < 1.29 is 17.9 Å². The summed E-state index contributed by atoms with van der Waals surface area (Å²) in [6, 6.07) is 6.66. The van der Waals surface area contributed by atoms with Crippen molar-refractivity contribution in [2.45, 2.75) is 12.5 Å². The Labute approximate surface area is 118 Å². The van der Waals surface area contributed by atoms with Gasteiger partial charge in [0, 0.05) is 24.7 Å². The number of rotatable bonds is 4. The van der Waals surface area contributed by atoms with E-state index in [-0.39, 0.29) is 29.9 Å². The highest BCUT2D eigenvalue weighted by Gasteiger charge is 2.25. The van der Waals surface area contributed by atoms with Gasteiger partial charge in [-0.15, -0.1) is 0 Å². The van der Waals surface area contributed by atoms with Crippen molar-refractivity contribution >= 4 is 21.4 Å². The molecule has 1 atom stereocenters. The third kappa shape index (κ3) is 4.21. The monoisotopic (exact) mass is 298 g/mol. The first-order valence-corrected chi connectivity index (χ1v) is 8.18. The topological polar surface area (TPSA) is 84.5 Å². The number of hydrogen-bond acceptors (Lipinski definition) is 5. The lowest BCUT2D eigenvalue weighted by molar-refractivity contribution is -0.116. The van der Waals surface area contributed by atoms with E-state index in [4.69, 9.17) is 4.74 Å². The second-order valence-corrected chi connectivity index (χ2v) is 6.97. The molecule has 1 saturated heterocycles. The summed E-state index contributed by atoms with van der Waals surface area (Å²) >= 11 is 0. The Morgan fingerprint density at radius 2 is 2.10 bits per heavy atom. The van der Waals surface area contributed by atoms with Crippen LogP contribution in [0.3, 0.4) is 0 Å². The maximum atomic E-state index is 11.9. The molecule has 0 aromatic heterocycles. The molecule has 7 heteroatoms. The molecule has 1 aliphatic rings. The van der Waals surface area contributed by atoms with Crippen LogP contribution in [0.25, 0.3) is 0 Å². The van der Waals surface area contributed by atoms with Crippen LogP contribution in [0.5, 0.6) is 5.75 Å². The summed E-state index contributed by atoms with van der Waals surface area (Å²) in [6.07, 6.45) is 0.144. The highest BCUT2D eigenvalue weighted by atomic mass is 32.2. The fourth-order valence-electron chi connectivity index (χ4n) is 2.11. The maximum absolute atomic E-state index is 11.9. The third-order valence-corrected chi connectivity index (χ3v) is 4.84. The number of ether oxygens (including phenoxy) is 1. The number of carbonyl (C=O) groups excluding carboxylic acids is 1. The van der Waals surface area contributed by atoms with E-state index in [1.54, 1.807) is 31.4 Å². The molecule has 1 amide bonds. The molecule has 110 valence electrons. The van der Waals surface area contributed by atoms with Crippen molar-refractivity contribution in [3.63, 3.8) is 0 Å². The zero-order valence-corrected chi connectivity index (χ0v) is 12.1. The Morgan fingerprint density at radius 1 is 1.40 bits per heavy atom. The molecule has 1 heterocycles. The van der Waals surface area contributed by atoms with Gasteiger partial charge in [0.25, 0.3) is 0 Å². The minimum Gasteiger partial charge on any atom is -0.497 e. The lowest BCUT2D eigenvalue weighted by Crippen LogP contribution is -2.46. The fraction of sp³-hybridized carbons (Fsp3) is 0.462. The number of anilines is 1. The first-order chi connectivity index (χ1) is 9.48. The number of hydrogen-bond donors (Lipinski definition) is 2. The predicted molar refractivity (Wildman–Crippen MR) is 76.7 cm³/mol. The van der Waals surface area contributed by atoms with E-state index in [1.807, 2.05) is 0 Å². The maximum Gasteiger partial charge on any atom is 0.225 e. The van der Waals surface area contributed by atoms with Gasteiger partial charge >= 0.3 is 0 Å². The van der Waals surface area contributed by atoms with Gasteiger partial charge in [-0.05, 0) is 24.3 Å². The zero-order chi connectivity index (χ0) is 14.6. The fourth-order valence-corrected chi connectivity index (χ4v) is 3.55. The second kappa shape index (κ2) is 6.23. The average molecular weight is 298 g/mol. The molecule has 2 N–H and O–H groups in total. The van der Waals surface area contributed by atoms with Crippen molar-refractivity contribution in [3.05, 3.63) is 24.3 Å². The van der Waals surface area contributed by atoms with E-state index >= 15 is 0 Å². The summed E-state index contributed by atoms with van der Waals surface area (Å²) in [4.78, 5) is 11.9. The summed E-state index contributed by atoms with van der Waals surface area (Å²) < 4.78 is 28.0. The predicted octanol–water partition coefficient (Wildman–Crippen LogP) is 0.410. The van der Waals surface area contributed by atoms with Crippen LogP contribution in [0.1, 0.15) is 6.42 Å². The highest BCUT2D eigenvalue weighted by molar-refractivity contribution is 7.91. The second-order valence-electron chi connectivity index (χ2n) is 4.75. The number of amides is 1. The Morgan fingerprint density at radius 3 is 2.70 bits per heavy atom. The zero-order valence-electron chi connectivity index (χ0n) is 11.3. The van der Waals surface area contributed by atoms with Gasteiger partial charge in [-0.2, -0.15) is 0 Å². The number of sulfone groups is 1. The number of carbonyl (C=O) groups is 1. The molecular weight excluding hydrogens is 280 g/mol. The summed E-state index contributed by atoms with van der Waals surface area (Å²) in [5.41, 5.74) is 0.662. The van der Waals surface area contributed by atoms with E-state index in [1.165, 1.54) is 0 Å². The molecule has 0 spiro atoms. The third-order valence-electron chi connectivity index (χ3n) is 3.11. The van der Waals surface area contributed by atoms with Gasteiger partial charge in [0.05, 0.1) is 18.6 Å². The Bertz CT molecular complexity index is 569. The number of benzene rings is 1. The minimum atomic E-state index is -3.02. The molecule has 1 aromatic rings. The molecule has 0 radical (unpaired) electrons. The van der Waals surface area contributed by atoms with Crippen LogP contribution in [-0.2, 0) is 14.6 Å². The molecule has 20 heavy (non-hydrogen) atoms. The van der Waals surface area contributed by atoms with Crippen LogP contribution in [-0.4, -0.2) is 45.5 Å². The van der Waals surface area contributed by atoms with Crippen molar-refractivity contribution in [1.29, 1.82) is 0 Å². The van der Waals surface area contributed by atoms with Gasteiger partial charge in [0.15, 0.2) is 9.84 Å². The molecule has 0 aliphatic carbocycles. The quantitative estimate of drug-likeness (QED) is 0.841. The van der Waals surface area contributed by atoms with E-state index in [2.05, 4.69) is 10.6 Å². The molecule has 1 unspecified atom stereocenters. The Hall–Kier alpha value is -1.60. The normalized spacial score (nSPS) is 21.1. The van der Waals surface area contributed by atoms with E-state index < -0.39 is 9.84 Å². The molecule has 0 saturated carbocycles. The molecular formula is C13H18N2O4S. The van der Waals surface area contributed by atoms with Gasteiger partial charge in [-0.1, -0.05) is 0 Å². The van der Waals surface area contributed by atoms with Crippen molar-refractivity contribution in [3.8, 4) is 5.75 Å². The van der Waals surface area contributed by atoms with Crippen molar-refractivity contribution in [2.75, 3.05) is 30.5 Å². The largest absolute Gasteiger partial charge is 0.497 e. The van der Waals surface area contributed by atoms with Crippen LogP contribution >= 0.6 is 0 Å². The first-order valence-electron chi connectivity index (χ1n) is 6.36. The molecule has 1 fully saturated rings. The average Bonchev–Trinajstić information content (AvgIpc) is 2.38. The summed E-state index contributed by atoms with van der Waals surface area (Å²) in [7, 11) is -1.45. The summed E-state index contributed by atoms with van der Waals surface area (Å²) in [6.45, 7) is 0.406. The smallest absolute Gasteiger partial charge is 0.225 e. The van der Waals surface area contributed by atoms with Gasteiger partial charge in [-0.25, -0.2) is 8.42 Å². The summed E-state index contributed by atoms with van der Waals surface area (Å²) in [5, 5.41) is 5.79. The van der Waals surface area contributed by atoms with Gasteiger partial charge in [0.2, 0.25) is 5.91 Å². The van der Waals surface area contributed by atoms with Gasteiger partial charge in [-0.3, -0.25) is 4.79 Å². The lowest BCUT2D eigenvalue weighted by atomic mass is 10.2. The first kappa shape index (κ1) is 14.8. The molecule has 1 aliphatic heterocycles. The molecule has 0 bridgehead atoms. The molecule has 1 aromatic carbocycles. The SMILES string of the molecule is COc1ccc(NC(=O)CC2CS(=O)(=O)CCN2)cc1. The van der Waals surface area contributed by atoms with Gasteiger partial charge < -0.3 is 15.4 Å². The minimum absolute atomic E-state index is 0.0169. The van der Waals surface area contributed by atoms with Crippen molar-refractivity contribution in [1.82, 2.24) is 5.32 Å². The van der Waals surface area contributed by atoms with E-state index in [0.29, 0.717) is 18.0 Å². The highest BCUT2D eigenvalue weighted by Crippen LogP contribution is 2.15. The number of nitrogens with one attached hydrogen (secondary N) is 2. The Kier molecular flexibility index (Phi) is 4.61. The molecule has 2 rings (SSSR count). The van der Waals surface area contributed by atoms with E-state index in [0.717, 1.165) is 0 Å². The van der Waals surface area contributed by atoms with Crippen LogP contribution in [0.15, 0.2) is 24.3 Å².